The molecule has 62 valence electrons. The summed E-state index contributed by atoms with van der Waals surface area (Å²) in [7, 11) is 0. The van der Waals surface area contributed by atoms with Crippen molar-refractivity contribution in [3.05, 3.63) is 12.2 Å². The molecule has 0 saturated carbocycles. The number of esters is 2. The van der Waals surface area contributed by atoms with Gasteiger partial charge in [0, 0.05) is 5.57 Å². The summed E-state index contributed by atoms with van der Waals surface area (Å²) in [5.74, 6) is -1.47. The van der Waals surface area contributed by atoms with Gasteiger partial charge in [0.2, 0.25) is 0 Å². The Balaban J connectivity index is 3.96. The molecular formula is C7H11NO3. The predicted molar refractivity (Wildman–Crippen MR) is 39.6 cm³/mol. The number of hydrogen-bond donors (Lipinski definition) is 1. The van der Waals surface area contributed by atoms with E-state index in [1.165, 1.54) is 13.8 Å². The minimum atomic E-state index is -0.779. The van der Waals surface area contributed by atoms with Gasteiger partial charge in [0.05, 0.1) is 0 Å². The van der Waals surface area contributed by atoms with Crippen molar-refractivity contribution in [3.63, 3.8) is 0 Å². The molecule has 11 heavy (non-hydrogen) atoms. The van der Waals surface area contributed by atoms with Gasteiger partial charge in [-0.15, -0.1) is 0 Å². The van der Waals surface area contributed by atoms with Crippen molar-refractivity contribution in [3.8, 4) is 0 Å². The van der Waals surface area contributed by atoms with E-state index < -0.39 is 18.0 Å². The first kappa shape index (κ1) is 9.84. The van der Waals surface area contributed by atoms with Crippen LogP contribution in [0.15, 0.2) is 12.2 Å². The van der Waals surface area contributed by atoms with E-state index in [0.29, 0.717) is 0 Å². The van der Waals surface area contributed by atoms with Crippen LogP contribution in [-0.2, 0) is 14.3 Å². The molecule has 1 atom stereocenters. The second-order valence-electron chi connectivity index (χ2n) is 2.28. The van der Waals surface area contributed by atoms with Crippen LogP contribution in [0, 0.1) is 0 Å². The van der Waals surface area contributed by atoms with Crippen LogP contribution in [0.25, 0.3) is 0 Å². The van der Waals surface area contributed by atoms with Crippen molar-refractivity contribution in [1.82, 2.24) is 0 Å². The topological polar surface area (TPSA) is 69.4 Å². The average molecular weight is 157 g/mol. The van der Waals surface area contributed by atoms with Gasteiger partial charge in [-0.05, 0) is 13.8 Å². The van der Waals surface area contributed by atoms with Gasteiger partial charge in [0.15, 0.2) is 0 Å². The molecule has 0 aromatic carbocycles. The van der Waals surface area contributed by atoms with Crippen LogP contribution in [0.4, 0.5) is 0 Å². The van der Waals surface area contributed by atoms with Crippen molar-refractivity contribution < 1.29 is 14.3 Å². The van der Waals surface area contributed by atoms with Crippen molar-refractivity contribution >= 4 is 11.9 Å². The molecule has 0 spiro atoms. The average Bonchev–Trinajstić information content (AvgIpc) is 1.87. The Kier molecular flexibility index (Phi) is 3.47. The number of carbonyl (C=O) groups excluding carboxylic acids is 2. The summed E-state index contributed by atoms with van der Waals surface area (Å²) in [5.41, 5.74) is 5.31. The van der Waals surface area contributed by atoms with Gasteiger partial charge in [0.25, 0.3) is 0 Å². The summed E-state index contributed by atoms with van der Waals surface area (Å²) in [6, 6.07) is -0.779. The maximum absolute atomic E-state index is 10.7. The summed E-state index contributed by atoms with van der Waals surface area (Å²) in [4.78, 5) is 21.3. The fourth-order valence-corrected chi connectivity index (χ4v) is 0.271. The van der Waals surface area contributed by atoms with Crippen molar-refractivity contribution in [2.45, 2.75) is 19.9 Å². The second kappa shape index (κ2) is 3.88. The van der Waals surface area contributed by atoms with Crippen LogP contribution in [0.5, 0.6) is 0 Å². The Hall–Kier alpha value is -1.16. The summed E-state index contributed by atoms with van der Waals surface area (Å²) in [6.45, 7) is 6.19. The molecule has 0 aliphatic rings. The standard InChI is InChI=1S/C7H11NO3/c1-4(2)6(9)11-7(10)5(3)8/h5H,1,8H2,2-3H3/t5-/m0/s1. The summed E-state index contributed by atoms with van der Waals surface area (Å²) in [6.07, 6.45) is 0. The van der Waals surface area contributed by atoms with Crippen LogP contribution >= 0.6 is 0 Å². The van der Waals surface area contributed by atoms with Crippen LogP contribution < -0.4 is 5.73 Å². The van der Waals surface area contributed by atoms with E-state index in [0.717, 1.165) is 0 Å². The van der Waals surface area contributed by atoms with Gasteiger partial charge in [-0.1, -0.05) is 6.58 Å². The lowest BCUT2D eigenvalue weighted by Crippen LogP contribution is -2.30. The van der Waals surface area contributed by atoms with E-state index in [2.05, 4.69) is 11.3 Å². The highest BCUT2D eigenvalue weighted by atomic mass is 16.6. The minimum Gasteiger partial charge on any atom is -0.389 e. The number of hydrogen-bond acceptors (Lipinski definition) is 4. The van der Waals surface area contributed by atoms with Crippen LogP contribution in [-0.4, -0.2) is 18.0 Å². The largest absolute Gasteiger partial charge is 0.389 e. The second-order valence-corrected chi connectivity index (χ2v) is 2.28. The number of rotatable bonds is 2. The fourth-order valence-electron chi connectivity index (χ4n) is 0.271. The maximum atomic E-state index is 10.7. The molecular weight excluding hydrogens is 146 g/mol. The lowest BCUT2D eigenvalue weighted by molar-refractivity contribution is -0.157. The molecule has 0 aliphatic heterocycles. The number of nitrogens with two attached hydrogens (primary N) is 1. The van der Waals surface area contributed by atoms with Gasteiger partial charge in [-0.3, -0.25) is 0 Å². The normalized spacial score (nSPS) is 11.9. The van der Waals surface area contributed by atoms with Crippen LogP contribution in [0.2, 0.25) is 0 Å². The first-order valence-electron chi connectivity index (χ1n) is 3.12. The van der Waals surface area contributed by atoms with Crippen LogP contribution in [0.1, 0.15) is 13.8 Å². The maximum Gasteiger partial charge on any atom is 0.340 e. The van der Waals surface area contributed by atoms with Gasteiger partial charge in [0.1, 0.15) is 6.04 Å². The monoisotopic (exact) mass is 157 g/mol. The van der Waals surface area contributed by atoms with E-state index >= 15 is 0 Å². The van der Waals surface area contributed by atoms with Crippen molar-refractivity contribution in [2.75, 3.05) is 0 Å². The van der Waals surface area contributed by atoms with Gasteiger partial charge >= 0.3 is 11.9 Å². The zero-order valence-corrected chi connectivity index (χ0v) is 6.59. The molecule has 0 heterocycles. The van der Waals surface area contributed by atoms with Gasteiger partial charge < -0.3 is 10.5 Å². The zero-order valence-electron chi connectivity index (χ0n) is 6.59. The first-order chi connectivity index (χ1) is 4.95. The molecule has 4 heteroatoms. The molecule has 0 unspecified atom stereocenters. The molecule has 0 rings (SSSR count). The molecule has 0 aromatic rings. The van der Waals surface area contributed by atoms with E-state index in [-0.39, 0.29) is 5.57 Å². The molecule has 0 radical (unpaired) electrons. The Morgan fingerprint density at radius 1 is 1.55 bits per heavy atom. The van der Waals surface area contributed by atoms with E-state index in [4.69, 9.17) is 5.73 Å². The lowest BCUT2D eigenvalue weighted by Gasteiger charge is -2.03. The molecule has 0 saturated heterocycles. The molecule has 4 nitrogen and oxygen atoms in total. The smallest absolute Gasteiger partial charge is 0.340 e. The highest BCUT2D eigenvalue weighted by Gasteiger charge is 2.14. The number of ether oxygens (including phenoxy) is 1. The van der Waals surface area contributed by atoms with E-state index in [1.807, 2.05) is 0 Å². The Labute approximate surface area is 65.0 Å². The molecule has 0 aliphatic carbocycles. The van der Waals surface area contributed by atoms with Crippen LogP contribution in [0.3, 0.4) is 0 Å². The van der Waals surface area contributed by atoms with Gasteiger partial charge in [-0.2, -0.15) is 0 Å². The van der Waals surface area contributed by atoms with E-state index in [9.17, 15) is 9.59 Å². The highest BCUT2D eigenvalue weighted by molar-refractivity contribution is 5.96. The summed E-state index contributed by atoms with van der Waals surface area (Å²) >= 11 is 0. The summed E-state index contributed by atoms with van der Waals surface area (Å²) in [5, 5.41) is 0. The summed E-state index contributed by atoms with van der Waals surface area (Å²) < 4.78 is 4.27. The quantitative estimate of drug-likeness (QED) is 0.347. The van der Waals surface area contributed by atoms with Gasteiger partial charge in [-0.25, -0.2) is 9.59 Å². The molecule has 0 bridgehead atoms. The Morgan fingerprint density at radius 2 is 2.00 bits per heavy atom. The predicted octanol–water partition coefficient (Wildman–Crippen LogP) is -0.0205. The fraction of sp³-hybridized carbons (Fsp3) is 0.429. The molecule has 0 aromatic heterocycles. The third-order valence-corrected chi connectivity index (χ3v) is 0.914. The third kappa shape index (κ3) is 3.52. The highest BCUT2D eigenvalue weighted by Crippen LogP contribution is 1.93. The Morgan fingerprint density at radius 3 is 2.27 bits per heavy atom. The minimum absolute atomic E-state index is 0.180. The first-order valence-corrected chi connectivity index (χ1v) is 3.12. The number of carbonyl (C=O) groups is 2. The van der Waals surface area contributed by atoms with E-state index in [1.54, 1.807) is 0 Å². The SMILES string of the molecule is C=C(C)C(=O)OC(=O)[C@H](C)N. The third-order valence-electron chi connectivity index (χ3n) is 0.914. The van der Waals surface area contributed by atoms with Crippen molar-refractivity contribution in [2.24, 2.45) is 5.73 Å². The Bertz CT molecular complexity index is 196. The zero-order chi connectivity index (χ0) is 9.02. The molecule has 2 N–H and O–H groups in total. The van der Waals surface area contributed by atoms with Crippen molar-refractivity contribution in [1.29, 1.82) is 0 Å². The molecule has 0 amide bonds. The molecule has 0 fully saturated rings. The lowest BCUT2D eigenvalue weighted by atomic mass is 10.3.